The molecule has 0 aromatic heterocycles. The maximum atomic E-state index is 13.8. The molecule has 0 atom stereocenters. The molecule has 0 saturated heterocycles. The second-order valence-corrected chi connectivity index (χ2v) is 4.27. The molecule has 0 fully saturated rings. The first kappa shape index (κ1) is 14.2. The minimum atomic E-state index is -1.18. The molecular formula is C14H12F4N2. The molecule has 0 aliphatic heterocycles. The molecule has 2 rings (SSSR count). The van der Waals surface area contributed by atoms with Gasteiger partial charge in [0.25, 0.3) is 0 Å². The Labute approximate surface area is 113 Å². The second kappa shape index (κ2) is 5.40. The van der Waals surface area contributed by atoms with Gasteiger partial charge in [0.05, 0.1) is 11.4 Å². The van der Waals surface area contributed by atoms with E-state index in [4.69, 9.17) is 5.73 Å². The van der Waals surface area contributed by atoms with Crippen LogP contribution in [0.5, 0.6) is 0 Å². The monoisotopic (exact) mass is 284 g/mol. The lowest BCUT2D eigenvalue weighted by molar-refractivity contribution is 0.494. The van der Waals surface area contributed by atoms with Crippen molar-refractivity contribution in [1.29, 1.82) is 0 Å². The highest BCUT2D eigenvalue weighted by Gasteiger charge is 2.16. The third-order valence-corrected chi connectivity index (χ3v) is 3.00. The fraction of sp³-hybridized carbons (Fsp3) is 0.143. The van der Waals surface area contributed by atoms with Crippen molar-refractivity contribution >= 4 is 11.4 Å². The molecule has 0 radical (unpaired) electrons. The molecule has 0 heterocycles. The van der Waals surface area contributed by atoms with Crippen molar-refractivity contribution in [2.24, 2.45) is 0 Å². The third kappa shape index (κ3) is 2.41. The number of hydrogen-bond acceptors (Lipinski definition) is 2. The molecule has 3 N–H and O–H groups in total. The molecule has 106 valence electrons. The van der Waals surface area contributed by atoms with Crippen LogP contribution >= 0.6 is 0 Å². The summed E-state index contributed by atoms with van der Waals surface area (Å²) in [6.45, 7) is 0. The highest BCUT2D eigenvalue weighted by atomic mass is 19.2. The first-order chi connectivity index (χ1) is 9.45. The van der Waals surface area contributed by atoms with E-state index >= 15 is 0 Å². The van der Waals surface area contributed by atoms with Gasteiger partial charge in [-0.25, -0.2) is 17.6 Å². The van der Waals surface area contributed by atoms with Crippen molar-refractivity contribution in [3.63, 3.8) is 0 Å². The number of anilines is 2. The number of nitrogens with one attached hydrogen (secondary N) is 1. The van der Waals surface area contributed by atoms with Crippen molar-refractivity contribution in [3.8, 4) is 0 Å². The van der Waals surface area contributed by atoms with Gasteiger partial charge in [-0.2, -0.15) is 0 Å². The van der Waals surface area contributed by atoms with Crippen molar-refractivity contribution in [2.45, 2.75) is 6.42 Å². The van der Waals surface area contributed by atoms with E-state index in [1.165, 1.54) is 31.3 Å². The van der Waals surface area contributed by atoms with Crippen LogP contribution in [0.25, 0.3) is 0 Å². The molecule has 2 nitrogen and oxygen atoms in total. The molecule has 0 amide bonds. The first-order valence-electron chi connectivity index (χ1n) is 5.82. The van der Waals surface area contributed by atoms with Gasteiger partial charge in [-0.15, -0.1) is 0 Å². The summed E-state index contributed by atoms with van der Waals surface area (Å²) in [5.41, 5.74) is 4.73. The molecule has 0 saturated carbocycles. The van der Waals surface area contributed by atoms with Crippen LogP contribution in [0, 0.1) is 23.3 Å². The summed E-state index contributed by atoms with van der Waals surface area (Å²) in [7, 11) is 1.45. The zero-order chi connectivity index (χ0) is 14.9. The zero-order valence-corrected chi connectivity index (χ0v) is 10.6. The Hall–Kier alpha value is -2.24. The van der Waals surface area contributed by atoms with E-state index < -0.39 is 23.3 Å². The Balaban J connectivity index is 2.41. The van der Waals surface area contributed by atoms with Crippen LogP contribution in [0.15, 0.2) is 24.3 Å². The summed E-state index contributed by atoms with van der Waals surface area (Å²) in [6, 6.07) is 5.08. The summed E-state index contributed by atoms with van der Waals surface area (Å²) in [5, 5.41) is 2.49. The van der Waals surface area contributed by atoms with Crippen LogP contribution in [0.2, 0.25) is 0 Å². The van der Waals surface area contributed by atoms with Gasteiger partial charge in [0.1, 0.15) is 0 Å². The average Bonchev–Trinajstić information content (AvgIpc) is 2.44. The lowest BCUT2D eigenvalue weighted by Crippen LogP contribution is -2.04. The third-order valence-electron chi connectivity index (χ3n) is 3.00. The lowest BCUT2D eigenvalue weighted by atomic mass is 10.0. The number of benzene rings is 2. The van der Waals surface area contributed by atoms with E-state index in [1.807, 2.05) is 0 Å². The van der Waals surface area contributed by atoms with E-state index in [1.54, 1.807) is 0 Å². The lowest BCUT2D eigenvalue weighted by Gasteiger charge is -2.09. The van der Waals surface area contributed by atoms with Crippen LogP contribution in [-0.4, -0.2) is 7.05 Å². The average molecular weight is 284 g/mol. The summed E-state index contributed by atoms with van der Waals surface area (Å²) in [6.07, 6.45) is -0.268. The summed E-state index contributed by atoms with van der Waals surface area (Å²) >= 11 is 0. The van der Waals surface area contributed by atoms with Crippen LogP contribution in [-0.2, 0) is 6.42 Å². The fourth-order valence-corrected chi connectivity index (χ4v) is 1.87. The first-order valence-corrected chi connectivity index (χ1v) is 5.82. The quantitative estimate of drug-likeness (QED) is 0.669. The molecule has 6 heteroatoms. The van der Waals surface area contributed by atoms with E-state index in [2.05, 4.69) is 5.32 Å². The zero-order valence-electron chi connectivity index (χ0n) is 10.6. The Morgan fingerprint density at radius 1 is 0.850 bits per heavy atom. The van der Waals surface area contributed by atoms with E-state index in [-0.39, 0.29) is 28.9 Å². The summed E-state index contributed by atoms with van der Waals surface area (Å²) in [5.74, 6) is -4.48. The van der Waals surface area contributed by atoms with Gasteiger partial charge in [0, 0.05) is 13.5 Å². The standard InChI is InChI=1S/C14H12F4N2/c1-20-10-5-3-8(12(16)14(10)18)6-7-2-4-9(19)13(17)11(7)15/h2-5,20H,6,19H2,1H3. The normalized spacial score (nSPS) is 10.7. The van der Waals surface area contributed by atoms with E-state index in [0.717, 1.165) is 0 Å². The Morgan fingerprint density at radius 3 is 2.00 bits per heavy atom. The molecule has 2 aromatic carbocycles. The highest BCUT2D eigenvalue weighted by molar-refractivity contribution is 5.48. The van der Waals surface area contributed by atoms with Crippen LogP contribution < -0.4 is 11.1 Å². The van der Waals surface area contributed by atoms with Crippen LogP contribution in [0.3, 0.4) is 0 Å². The highest BCUT2D eigenvalue weighted by Crippen LogP contribution is 2.25. The number of nitrogens with two attached hydrogens (primary N) is 1. The van der Waals surface area contributed by atoms with Gasteiger partial charge in [0.15, 0.2) is 23.3 Å². The van der Waals surface area contributed by atoms with Crippen molar-refractivity contribution in [2.75, 3.05) is 18.1 Å². The Kier molecular flexibility index (Phi) is 3.83. The minimum absolute atomic E-state index is 0.00444. The predicted octanol–water partition coefficient (Wildman–Crippen LogP) is 3.46. The molecule has 0 aliphatic carbocycles. The Morgan fingerprint density at radius 2 is 1.40 bits per heavy atom. The van der Waals surface area contributed by atoms with Gasteiger partial charge in [-0.3, -0.25) is 0 Å². The van der Waals surface area contributed by atoms with Gasteiger partial charge < -0.3 is 11.1 Å². The number of halogens is 4. The maximum absolute atomic E-state index is 13.8. The summed E-state index contributed by atoms with van der Waals surface area (Å²) in [4.78, 5) is 0. The number of nitrogen functional groups attached to an aromatic ring is 1. The molecular weight excluding hydrogens is 272 g/mol. The van der Waals surface area contributed by atoms with Gasteiger partial charge >= 0.3 is 0 Å². The molecule has 0 unspecified atom stereocenters. The SMILES string of the molecule is CNc1ccc(Cc2ccc(N)c(F)c2F)c(F)c1F. The molecule has 20 heavy (non-hydrogen) atoms. The number of rotatable bonds is 3. The van der Waals surface area contributed by atoms with Gasteiger partial charge in [-0.05, 0) is 23.3 Å². The molecule has 2 aromatic rings. The second-order valence-electron chi connectivity index (χ2n) is 4.27. The van der Waals surface area contributed by atoms with Crippen LogP contribution in [0.1, 0.15) is 11.1 Å². The van der Waals surface area contributed by atoms with E-state index in [0.29, 0.717) is 0 Å². The van der Waals surface area contributed by atoms with Gasteiger partial charge in [0.2, 0.25) is 0 Å². The summed E-state index contributed by atoms with van der Waals surface area (Å²) < 4.78 is 54.3. The number of hydrogen-bond donors (Lipinski definition) is 2. The largest absolute Gasteiger partial charge is 0.396 e. The minimum Gasteiger partial charge on any atom is -0.396 e. The van der Waals surface area contributed by atoms with E-state index in [9.17, 15) is 17.6 Å². The maximum Gasteiger partial charge on any atom is 0.182 e. The fourth-order valence-electron chi connectivity index (χ4n) is 1.87. The van der Waals surface area contributed by atoms with Crippen molar-refractivity contribution in [3.05, 3.63) is 58.7 Å². The van der Waals surface area contributed by atoms with Crippen molar-refractivity contribution < 1.29 is 17.6 Å². The molecule has 0 bridgehead atoms. The van der Waals surface area contributed by atoms with Gasteiger partial charge in [-0.1, -0.05) is 12.1 Å². The molecule has 0 aliphatic rings. The topological polar surface area (TPSA) is 38.0 Å². The van der Waals surface area contributed by atoms with Crippen molar-refractivity contribution in [1.82, 2.24) is 0 Å². The Bertz CT molecular complexity index is 656. The predicted molar refractivity (Wildman–Crippen MR) is 69.5 cm³/mol. The molecule has 0 spiro atoms. The smallest absolute Gasteiger partial charge is 0.182 e. The van der Waals surface area contributed by atoms with Crippen LogP contribution in [0.4, 0.5) is 28.9 Å².